The van der Waals surface area contributed by atoms with Crippen molar-refractivity contribution in [2.75, 3.05) is 6.61 Å². The van der Waals surface area contributed by atoms with E-state index in [4.69, 9.17) is 9.47 Å². The fourth-order valence-corrected chi connectivity index (χ4v) is 4.78. The van der Waals surface area contributed by atoms with Crippen LogP contribution < -0.4 is 4.74 Å². The molecule has 1 N–H and O–H groups in total. The lowest BCUT2D eigenvalue weighted by Crippen LogP contribution is -2.40. The molecule has 0 fully saturated rings. The number of hydrogen-bond donors (Lipinski definition) is 1. The van der Waals surface area contributed by atoms with Crippen LogP contribution >= 0.6 is 0 Å². The summed E-state index contributed by atoms with van der Waals surface area (Å²) in [5.41, 5.74) is 4.03. The highest BCUT2D eigenvalue weighted by atomic mass is 16.7. The number of aromatic hydroxyl groups is 1. The first-order valence-electron chi connectivity index (χ1n) is 12.7. The lowest BCUT2D eigenvalue weighted by molar-refractivity contribution is -0.182. The van der Waals surface area contributed by atoms with Crippen LogP contribution in [0.5, 0.6) is 11.5 Å². The number of fused-ring (bicyclic) bond motifs is 1. The second kappa shape index (κ2) is 11.6. The molecule has 2 rings (SSSR count). The van der Waals surface area contributed by atoms with Gasteiger partial charge in [0.05, 0.1) is 6.61 Å². The second-order valence-corrected chi connectivity index (χ2v) is 10.9. The van der Waals surface area contributed by atoms with Crippen molar-refractivity contribution in [2.45, 2.75) is 119 Å². The van der Waals surface area contributed by atoms with Gasteiger partial charge in [0.2, 0.25) is 5.79 Å². The van der Waals surface area contributed by atoms with E-state index in [0.29, 0.717) is 11.7 Å². The minimum atomic E-state index is -0.571. The van der Waals surface area contributed by atoms with E-state index in [1.807, 2.05) is 20.8 Å². The topological polar surface area (TPSA) is 38.7 Å². The summed E-state index contributed by atoms with van der Waals surface area (Å²) in [6, 6.07) is 0. The van der Waals surface area contributed by atoms with Gasteiger partial charge in [-0.05, 0) is 68.1 Å². The van der Waals surface area contributed by atoms with E-state index in [0.717, 1.165) is 65.7 Å². The predicted molar refractivity (Wildman–Crippen MR) is 131 cm³/mol. The molecule has 0 radical (unpaired) electrons. The Balaban J connectivity index is 1.74. The van der Waals surface area contributed by atoms with Gasteiger partial charge in [0.15, 0.2) is 0 Å². The highest BCUT2D eigenvalue weighted by molar-refractivity contribution is 5.58. The van der Waals surface area contributed by atoms with Crippen molar-refractivity contribution < 1.29 is 14.6 Å². The number of phenols is 1. The monoisotopic (exact) mass is 432 g/mol. The van der Waals surface area contributed by atoms with E-state index in [1.165, 1.54) is 38.5 Å². The van der Waals surface area contributed by atoms with E-state index in [1.54, 1.807) is 0 Å². The van der Waals surface area contributed by atoms with Gasteiger partial charge in [-0.3, -0.25) is 0 Å². The first-order chi connectivity index (χ1) is 14.5. The number of phenolic OH excluding ortho intramolecular Hbond substituents is 1. The molecule has 1 aliphatic rings. The molecular weight excluding hydrogens is 384 g/mol. The zero-order valence-electron chi connectivity index (χ0n) is 21.6. The van der Waals surface area contributed by atoms with E-state index in [2.05, 4.69) is 34.6 Å². The van der Waals surface area contributed by atoms with E-state index >= 15 is 0 Å². The number of benzene rings is 1. The molecule has 0 unspecified atom stereocenters. The highest BCUT2D eigenvalue weighted by Gasteiger charge is 2.35. The average Bonchev–Trinajstić information content (AvgIpc) is 2.70. The largest absolute Gasteiger partial charge is 0.507 e. The molecule has 1 aromatic carbocycles. The summed E-state index contributed by atoms with van der Waals surface area (Å²) in [6.07, 6.45) is 10.9. The van der Waals surface area contributed by atoms with Gasteiger partial charge >= 0.3 is 0 Å². The van der Waals surface area contributed by atoms with Crippen molar-refractivity contribution >= 4 is 0 Å². The Morgan fingerprint density at radius 2 is 1.45 bits per heavy atom. The molecule has 3 nitrogen and oxygen atoms in total. The Morgan fingerprint density at radius 1 is 0.871 bits per heavy atom. The minimum Gasteiger partial charge on any atom is -0.507 e. The number of rotatable bonds is 12. The van der Waals surface area contributed by atoms with E-state index in [-0.39, 0.29) is 0 Å². The molecular formula is C28H48O3. The Hall–Kier alpha value is -1.22. The molecule has 0 saturated heterocycles. The summed E-state index contributed by atoms with van der Waals surface area (Å²) < 4.78 is 12.7. The van der Waals surface area contributed by atoms with E-state index in [9.17, 15) is 5.11 Å². The minimum absolute atomic E-state index is 0.410. The normalized spacial score (nSPS) is 20.4. The third-order valence-corrected chi connectivity index (χ3v) is 7.38. The summed E-state index contributed by atoms with van der Waals surface area (Å²) in [6.45, 7) is 18.2. The molecule has 3 heteroatoms. The van der Waals surface area contributed by atoms with Crippen molar-refractivity contribution in [3.63, 3.8) is 0 Å². The Labute approximate surface area is 191 Å². The maximum Gasteiger partial charge on any atom is 0.208 e. The van der Waals surface area contributed by atoms with Crippen LogP contribution in [0.15, 0.2) is 0 Å². The third-order valence-electron chi connectivity index (χ3n) is 7.38. The molecule has 0 aliphatic carbocycles. The number of ether oxygens (including phenoxy) is 2. The fourth-order valence-electron chi connectivity index (χ4n) is 4.78. The van der Waals surface area contributed by atoms with Crippen molar-refractivity contribution in [2.24, 2.45) is 17.8 Å². The maximum absolute atomic E-state index is 10.4. The molecule has 0 bridgehead atoms. The maximum atomic E-state index is 10.4. The van der Waals surface area contributed by atoms with Gasteiger partial charge in [-0.1, -0.05) is 66.2 Å². The summed E-state index contributed by atoms with van der Waals surface area (Å²) in [7, 11) is 0. The molecule has 0 amide bonds. The highest BCUT2D eigenvalue weighted by Crippen LogP contribution is 2.43. The zero-order valence-corrected chi connectivity index (χ0v) is 21.6. The summed E-state index contributed by atoms with van der Waals surface area (Å²) >= 11 is 0. The van der Waals surface area contributed by atoms with Gasteiger partial charge < -0.3 is 14.6 Å². The molecule has 1 aliphatic heterocycles. The van der Waals surface area contributed by atoms with Crippen molar-refractivity contribution in [1.29, 1.82) is 0 Å². The Morgan fingerprint density at radius 3 is 2.06 bits per heavy atom. The molecule has 0 aromatic heterocycles. The van der Waals surface area contributed by atoms with Gasteiger partial charge in [0, 0.05) is 18.9 Å². The molecule has 178 valence electrons. The quantitative estimate of drug-likeness (QED) is 0.363. The molecule has 3 atom stereocenters. The first kappa shape index (κ1) is 26.0. The average molecular weight is 433 g/mol. The fraction of sp³-hybridized carbons (Fsp3) is 0.786. The van der Waals surface area contributed by atoms with E-state index < -0.39 is 5.79 Å². The van der Waals surface area contributed by atoms with Crippen molar-refractivity contribution in [3.8, 4) is 11.5 Å². The zero-order chi connectivity index (χ0) is 23.2. The molecule has 31 heavy (non-hydrogen) atoms. The van der Waals surface area contributed by atoms with Crippen LogP contribution in [0.25, 0.3) is 0 Å². The smallest absolute Gasteiger partial charge is 0.208 e. The Bertz CT molecular complexity index is 709. The van der Waals surface area contributed by atoms with Gasteiger partial charge in [-0.15, -0.1) is 0 Å². The van der Waals surface area contributed by atoms with Crippen LogP contribution in [0, 0.1) is 38.5 Å². The van der Waals surface area contributed by atoms with Gasteiger partial charge in [0.25, 0.3) is 0 Å². The summed E-state index contributed by atoms with van der Waals surface area (Å²) in [4.78, 5) is 0. The van der Waals surface area contributed by atoms with Crippen LogP contribution in [0.2, 0.25) is 0 Å². The lowest BCUT2D eigenvalue weighted by atomic mass is 9.91. The second-order valence-electron chi connectivity index (χ2n) is 10.9. The molecule has 1 aromatic rings. The van der Waals surface area contributed by atoms with Gasteiger partial charge in [0.1, 0.15) is 11.5 Å². The van der Waals surface area contributed by atoms with Crippen LogP contribution in [0.4, 0.5) is 0 Å². The molecule has 0 spiro atoms. The number of hydrogen-bond acceptors (Lipinski definition) is 3. The van der Waals surface area contributed by atoms with Crippen LogP contribution in [-0.4, -0.2) is 17.5 Å². The lowest BCUT2D eigenvalue weighted by Gasteiger charge is -2.37. The molecule has 1 heterocycles. The van der Waals surface area contributed by atoms with Crippen LogP contribution in [-0.2, 0) is 11.2 Å². The Kier molecular flexibility index (Phi) is 9.73. The van der Waals surface area contributed by atoms with Gasteiger partial charge in [-0.25, -0.2) is 0 Å². The SMILES string of the molecule is Cc1c(C)c2c(c(C)c1O)CC[C@@](C)(OCC[C@H](C)CCC[C@H](C)CCCC(C)C)O2. The standard InChI is InChI=1S/C28H48O3/c1-19(2)11-9-12-20(3)13-10-14-21(4)16-18-30-28(8)17-15-25-24(7)26(29)22(5)23(6)27(25)31-28/h19-21,29H,9-18H2,1-8H3/t20-,21-,28+/m1/s1. The predicted octanol–water partition coefficient (Wildman–Crippen LogP) is 8.03. The van der Waals surface area contributed by atoms with Crippen molar-refractivity contribution in [1.82, 2.24) is 0 Å². The van der Waals surface area contributed by atoms with Crippen LogP contribution in [0.1, 0.15) is 108 Å². The van der Waals surface area contributed by atoms with Crippen LogP contribution in [0.3, 0.4) is 0 Å². The van der Waals surface area contributed by atoms with Crippen molar-refractivity contribution in [3.05, 3.63) is 22.3 Å². The molecule has 0 saturated carbocycles. The first-order valence-corrected chi connectivity index (χ1v) is 12.7. The summed E-state index contributed by atoms with van der Waals surface area (Å²) in [5.74, 6) is 3.13. The summed E-state index contributed by atoms with van der Waals surface area (Å²) in [5, 5.41) is 10.4. The third kappa shape index (κ3) is 7.41. The van der Waals surface area contributed by atoms with Gasteiger partial charge in [-0.2, -0.15) is 0 Å².